The highest BCUT2D eigenvalue weighted by molar-refractivity contribution is 5.42. The molecular formula is C19H23F4N5O. The Morgan fingerprint density at radius 1 is 1.10 bits per heavy atom. The van der Waals surface area contributed by atoms with Crippen molar-refractivity contribution < 1.29 is 22.3 Å². The van der Waals surface area contributed by atoms with Crippen LogP contribution in [0.25, 0.3) is 5.95 Å². The minimum Gasteiger partial charge on any atom is -0.474 e. The molecule has 10 heteroatoms. The molecule has 2 saturated carbocycles. The largest absolute Gasteiger partial charge is 0.474 e. The lowest BCUT2D eigenvalue weighted by Crippen LogP contribution is -2.32. The summed E-state index contributed by atoms with van der Waals surface area (Å²) in [5, 5.41) is 6.99. The van der Waals surface area contributed by atoms with Crippen molar-refractivity contribution in [2.75, 3.05) is 5.32 Å². The molecule has 1 N–H and O–H groups in total. The average Bonchev–Trinajstić information content (AvgIpc) is 3.35. The molecule has 0 bridgehead atoms. The molecule has 0 aliphatic heterocycles. The molecule has 0 radical (unpaired) electrons. The number of hydrogen-bond donors (Lipinski definition) is 1. The molecule has 2 heterocycles. The molecule has 0 aromatic carbocycles. The number of rotatable bonds is 6. The van der Waals surface area contributed by atoms with Gasteiger partial charge in [-0.3, -0.25) is 0 Å². The van der Waals surface area contributed by atoms with Gasteiger partial charge in [0.15, 0.2) is 0 Å². The van der Waals surface area contributed by atoms with E-state index in [0.717, 1.165) is 25.7 Å². The van der Waals surface area contributed by atoms with Crippen molar-refractivity contribution in [1.29, 1.82) is 0 Å². The van der Waals surface area contributed by atoms with E-state index in [1.165, 1.54) is 16.9 Å². The van der Waals surface area contributed by atoms with E-state index in [9.17, 15) is 17.6 Å². The number of hydrogen-bond acceptors (Lipinski definition) is 5. The van der Waals surface area contributed by atoms with Crippen molar-refractivity contribution in [1.82, 2.24) is 19.7 Å². The minimum absolute atomic E-state index is 0.0493. The topological polar surface area (TPSA) is 64.9 Å². The fraction of sp³-hybridized carbons (Fsp3) is 0.632. The van der Waals surface area contributed by atoms with Gasteiger partial charge in [-0.15, -0.1) is 0 Å². The van der Waals surface area contributed by atoms with Gasteiger partial charge in [-0.05, 0) is 44.6 Å². The lowest BCUT2D eigenvalue weighted by molar-refractivity contribution is -0.0361. The van der Waals surface area contributed by atoms with Crippen LogP contribution in [0.15, 0.2) is 18.3 Å². The second-order valence-corrected chi connectivity index (χ2v) is 7.68. The van der Waals surface area contributed by atoms with Gasteiger partial charge in [-0.2, -0.15) is 15.1 Å². The fourth-order valence-corrected chi connectivity index (χ4v) is 3.79. The summed E-state index contributed by atoms with van der Waals surface area (Å²) in [6.45, 7) is 0. The van der Waals surface area contributed by atoms with Crippen LogP contribution >= 0.6 is 0 Å². The maximum Gasteiger partial charge on any atom is 0.282 e. The first-order valence-corrected chi connectivity index (χ1v) is 9.92. The van der Waals surface area contributed by atoms with Gasteiger partial charge in [0.05, 0.1) is 0 Å². The van der Waals surface area contributed by atoms with E-state index in [1.807, 2.05) is 0 Å². The Balaban J connectivity index is 1.57. The molecule has 0 saturated heterocycles. The predicted octanol–water partition coefficient (Wildman–Crippen LogP) is 4.91. The Kier molecular flexibility index (Phi) is 5.60. The van der Waals surface area contributed by atoms with Gasteiger partial charge in [0.2, 0.25) is 11.8 Å². The van der Waals surface area contributed by atoms with Crippen LogP contribution < -0.4 is 10.1 Å². The standard InChI is InChI=1S/C19H23F4N5O/c20-17(21)14-7-10-28(27-14)18-25-15(24-12-5-8-19(22,23)9-6-12)11-16(26-18)29-13-3-1-2-4-13/h7,10-13,17H,1-6,8-9H2,(H,24,25,26). The lowest BCUT2D eigenvalue weighted by atomic mass is 9.92. The zero-order chi connectivity index (χ0) is 20.4. The molecular weight excluding hydrogens is 390 g/mol. The van der Waals surface area contributed by atoms with Crippen molar-refractivity contribution in [2.45, 2.75) is 75.9 Å². The van der Waals surface area contributed by atoms with Crippen LogP contribution in [0.5, 0.6) is 5.88 Å². The summed E-state index contributed by atoms with van der Waals surface area (Å²) in [6.07, 6.45) is 3.03. The van der Waals surface area contributed by atoms with Crippen molar-refractivity contribution in [3.05, 3.63) is 24.0 Å². The SMILES string of the molecule is FC(F)c1ccn(-c2nc(NC3CCC(F)(F)CC3)cc(OC3CCCC3)n2)n1. The second-order valence-electron chi connectivity index (χ2n) is 7.68. The van der Waals surface area contributed by atoms with Crippen molar-refractivity contribution in [3.63, 3.8) is 0 Å². The molecule has 0 amide bonds. The monoisotopic (exact) mass is 413 g/mol. The van der Waals surface area contributed by atoms with Gasteiger partial charge in [0.1, 0.15) is 17.6 Å². The average molecular weight is 413 g/mol. The first kappa shape index (κ1) is 19.9. The summed E-state index contributed by atoms with van der Waals surface area (Å²) in [5.74, 6) is -1.80. The Morgan fingerprint density at radius 3 is 2.48 bits per heavy atom. The van der Waals surface area contributed by atoms with E-state index in [2.05, 4.69) is 20.4 Å². The summed E-state index contributed by atoms with van der Waals surface area (Å²) in [7, 11) is 0. The van der Waals surface area contributed by atoms with Crippen LogP contribution in [-0.4, -0.2) is 37.8 Å². The molecule has 0 unspecified atom stereocenters. The van der Waals surface area contributed by atoms with Gasteiger partial charge >= 0.3 is 0 Å². The highest BCUT2D eigenvalue weighted by Gasteiger charge is 2.35. The summed E-state index contributed by atoms with van der Waals surface area (Å²) < 4.78 is 59.7. The third-order valence-corrected chi connectivity index (χ3v) is 5.39. The van der Waals surface area contributed by atoms with E-state index in [-0.39, 0.29) is 36.6 Å². The Hall–Kier alpha value is -2.39. The molecule has 0 atom stereocenters. The zero-order valence-electron chi connectivity index (χ0n) is 15.8. The Labute approximate surface area is 165 Å². The number of ether oxygens (including phenoxy) is 1. The molecule has 6 nitrogen and oxygen atoms in total. The molecule has 29 heavy (non-hydrogen) atoms. The van der Waals surface area contributed by atoms with Gasteiger partial charge in [0, 0.05) is 31.1 Å². The van der Waals surface area contributed by atoms with Crippen LogP contribution in [-0.2, 0) is 0 Å². The molecule has 0 spiro atoms. The summed E-state index contributed by atoms with van der Waals surface area (Å²) in [6, 6.07) is 2.69. The van der Waals surface area contributed by atoms with Crippen LogP contribution in [0.3, 0.4) is 0 Å². The smallest absolute Gasteiger partial charge is 0.282 e. The number of anilines is 1. The Morgan fingerprint density at radius 2 is 1.83 bits per heavy atom. The number of alkyl halides is 4. The van der Waals surface area contributed by atoms with Gasteiger partial charge in [0.25, 0.3) is 12.4 Å². The molecule has 4 rings (SSSR count). The van der Waals surface area contributed by atoms with Crippen molar-refractivity contribution in [2.24, 2.45) is 0 Å². The number of nitrogens with zero attached hydrogens (tertiary/aromatic N) is 4. The van der Waals surface area contributed by atoms with Gasteiger partial charge in [-0.25, -0.2) is 22.2 Å². The van der Waals surface area contributed by atoms with Crippen molar-refractivity contribution >= 4 is 5.82 Å². The zero-order valence-corrected chi connectivity index (χ0v) is 15.8. The summed E-state index contributed by atoms with van der Waals surface area (Å²) in [5.41, 5.74) is -0.375. The highest BCUT2D eigenvalue weighted by Crippen LogP contribution is 2.34. The highest BCUT2D eigenvalue weighted by atomic mass is 19.3. The van der Waals surface area contributed by atoms with E-state index in [0.29, 0.717) is 24.5 Å². The maximum absolute atomic E-state index is 13.4. The third-order valence-electron chi connectivity index (χ3n) is 5.39. The number of aromatic nitrogens is 4. The number of halogens is 4. The van der Waals surface area contributed by atoms with Crippen LogP contribution in [0.4, 0.5) is 23.4 Å². The molecule has 2 aromatic heterocycles. The van der Waals surface area contributed by atoms with E-state index < -0.39 is 12.3 Å². The van der Waals surface area contributed by atoms with E-state index >= 15 is 0 Å². The van der Waals surface area contributed by atoms with Crippen LogP contribution in [0.1, 0.15) is 63.5 Å². The van der Waals surface area contributed by atoms with E-state index in [1.54, 1.807) is 6.07 Å². The molecule has 158 valence electrons. The third kappa shape index (κ3) is 4.97. The lowest BCUT2D eigenvalue weighted by Gasteiger charge is -2.29. The second kappa shape index (κ2) is 8.16. The number of nitrogens with one attached hydrogen (secondary N) is 1. The quantitative estimate of drug-likeness (QED) is 0.682. The van der Waals surface area contributed by atoms with Gasteiger partial charge in [-0.1, -0.05) is 0 Å². The molecule has 2 aliphatic carbocycles. The maximum atomic E-state index is 13.4. The summed E-state index contributed by atoms with van der Waals surface area (Å²) >= 11 is 0. The van der Waals surface area contributed by atoms with Crippen LogP contribution in [0.2, 0.25) is 0 Å². The van der Waals surface area contributed by atoms with Crippen molar-refractivity contribution in [3.8, 4) is 11.8 Å². The first-order valence-electron chi connectivity index (χ1n) is 9.92. The van der Waals surface area contributed by atoms with Gasteiger partial charge < -0.3 is 10.1 Å². The first-order chi connectivity index (χ1) is 13.9. The fourth-order valence-electron chi connectivity index (χ4n) is 3.79. The predicted molar refractivity (Wildman–Crippen MR) is 97.8 cm³/mol. The molecule has 2 aliphatic rings. The van der Waals surface area contributed by atoms with Crippen LogP contribution in [0, 0.1) is 0 Å². The summed E-state index contributed by atoms with van der Waals surface area (Å²) in [4.78, 5) is 8.67. The Bertz CT molecular complexity index is 828. The van der Waals surface area contributed by atoms with E-state index in [4.69, 9.17) is 4.74 Å². The minimum atomic E-state index is -2.70. The molecule has 2 aromatic rings. The normalized spacial score (nSPS) is 20.3. The molecule has 2 fully saturated rings.